The molecule has 1 aromatic carbocycles. The Morgan fingerprint density at radius 3 is 2.43 bits per heavy atom. The van der Waals surface area contributed by atoms with E-state index in [9.17, 15) is 8.42 Å². The van der Waals surface area contributed by atoms with Crippen molar-refractivity contribution in [1.29, 1.82) is 0 Å². The molecule has 0 radical (unpaired) electrons. The molecule has 1 aliphatic rings. The summed E-state index contributed by atoms with van der Waals surface area (Å²) in [5.41, 5.74) is 7.60. The number of hydrogen-bond donors (Lipinski definition) is 1. The molecule has 5 nitrogen and oxygen atoms in total. The second kappa shape index (κ2) is 6.87. The zero-order valence-electron chi connectivity index (χ0n) is 12.8. The van der Waals surface area contributed by atoms with Crippen LogP contribution in [0.2, 0.25) is 0 Å². The maximum Gasteiger partial charge on any atom is 0.282 e. The summed E-state index contributed by atoms with van der Waals surface area (Å²) in [5, 5.41) is 0. The van der Waals surface area contributed by atoms with Crippen molar-refractivity contribution in [3.05, 3.63) is 35.4 Å². The van der Waals surface area contributed by atoms with E-state index in [4.69, 9.17) is 5.73 Å². The van der Waals surface area contributed by atoms with Crippen LogP contribution in [-0.2, 0) is 23.3 Å². The summed E-state index contributed by atoms with van der Waals surface area (Å²) in [6, 6.07) is 7.85. The highest BCUT2D eigenvalue weighted by Gasteiger charge is 2.32. The van der Waals surface area contributed by atoms with Gasteiger partial charge in [-0.15, -0.1) is 0 Å². The third-order valence-corrected chi connectivity index (χ3v) is 6.15. The van der Waals surface area contributed by atoms with E-state index in [0.29, 0.717) is 19.6 Å². The van der Waals surface area contributed by atoms with Crippen LogP contribution in [0, 0.1) is 0 Å². The molecule has 0 aliphatic carbocycles. The van der Waals surface area contributed by atoms with Gasteiger partial charge in [-0.3, -0.25) is 0 Å². The van der Waals surface area contributed by atoms with E-state index in [0.717, 1.165) is 30.4 Å². The predicted molar refractivity (Wildman–Crippen MR) is 84.7 cm³/mol. The van der Waals surface area contributed by atoms with Crippen LogP contribution in [0.15, 0.2) is 24.3 Å². The highest BCUT2D eigenvalue weighted by molar-refractivity contribution is 7.86. The average molecular weight is 311 g/mol. The topological polar surface area (TPSA) is 66.6 Å². The Morgan fingerprint density at radius 2 is 1.86 bits per heavy atom. The zero-order chi connectivity index (χ0) is 15.5. The van der Waals surface area contributed by atoms with Crippen LogP contribution in [0.25, 0.3) is 0 Å². The van der Waals surface area contributed by atoms with E-state index in [1.807, 2.05) is 31.2 Å². The first kappa shape index (κ1) is 16.4. The second-order valence-electron chi connectivity index (χ2n) is 5.74. The largest absolute Gasteiger partial charge is 0.326 e. The molecule has 0 amide bonds. The van der Waals surface area contributed by atoms with Gasteiger partial charge in [0.15, 0.2) is 0 Å². The minimum Gasteiger partial charge on any atom is -0.326 e. The van der Waals surface area contributed by atoms with Gasteiger partial charge in [-0.05, 0) is 30.9 Å². The average Bonchev–Trinajstić information content (AvgIpc) is 2.48. The number of nitrogens with zero attached hydrogens (tertiary/aromatic N) is 2. The number of hydrogen-bond acceptors (Lipinski definition) is 3. The molecular weight excluding hydrogens is 286 g/mol. The summed E-state index contributed by atoms with van der Waals surface area (Å²) in [7, 11) is -1.74. The van der Waals surface area contributed by atoms with E-state index in [2.05, 4.69) is 0 Å². The number of benzene rings is 1. The van der Waals surface area contributed by atoms with Crippen molar-refractivity contribution in [2.45, 2.75) is 45.3 Å². The summed E-state index contributed by atoms with van der Waals surface area (Å²) < 4.78 is 28.4. The molecule has 118 valence electrons. The zero-order valence-corrected chi connectivity index (χ0v) is 13.6. The van der Waals surface area contributed by atoms with Crippen LogP contribution < -0.4 is 5.73 Å². The Kier molecular flexibility index (Phi) is 5.37. The van der Waals surface area contributed by atoms with E-state index in [1.54, 1.807) is 11.4 Å². The molecule has 1 atom stereocenters. The van der Waals surface area contributed by atoms with Gasteiger partial charge in [0.1, 0.15) is 0 Å². The number of rotatable bonds is 5. The van der Waals surface area contributed by atoms with E-state index in [1.165, 1.54) is 4.31 Å². The van der Waals surface area contributed by atoms with Crippen LogP contribution in [0.4, 0.5) is 0 Å². The second-order valence-corrected chi connectivity index (χ2v) is 7.73. The first-order valence-electron chi connectivity index (χ1n) is 7.46. The third-order valence-electron chi connectivity index (χ3n) is 4.10. The van der Waals surface area contributed by atoms with Crippen LogP contribution in [0.1, 0.15) is 37.3 Å². The summed E-state index contributed by atoms with van der Waals surface area (Å²) in [6.45, 7) is 3.50. The molecule has 6 heteroatoms. The lowest BCUT2D eigenvalue weighted by molar-refractivity contribution is 0.249. The van der Waals surface area contributed by atoms with Crippen LogP contribution in [0.5, 0.6) is 0 Å². The van der Waals surface area contributed by atoms with Crippen molar-refractivity contribution in [2.24, 2.45) is 5.73 Å². The van der Waals surface area contributed by atoms with Crippen molar-refractivity contribution in [2.75, 3.05) is 13.6 Å². The van der Waals surface area contributed by atoms with Gasteiger partial charge in [0.25, 0.3) is 10.2 Å². The van der Waals surface area contributed by atoms with Crippen LogP contribution >= 0.6 is 0 Å². The third kappa shape index (κ3) is 3.83. The van der Waals surface area contributed by atoms with Crippen molar-refractivity contribution in [3.8, 4) is 0 Å². The monoisotopic (exact) mass is 311 g/mol. The molecule has 1 heterocycles. The van der Waals surface area contributed by atoms with E-state index >= 15 is 0 Å². The molecule has 1 fully saturated rings. The Labute approximate surface area is 127 Å². The fourth-order valence-corrected chi connectivity index (χ4v) is 4.30. The molecule has 2 rings (SSSR count). The molecule has 0 aromatic heterocycles. The molecule has 21 heavy (non-hydrogen) atoms. The first-order valence-corrected chi connectivity index (χ1v) is 8.86. The maximum absolute atomic E-state index is 12.7. The minimum atomic E-state index is -3.38. The first-order chi connectivity index (χ1) is 9.95. The lowest BCUT2D eigenvalue weighted by Crippen LogP contribution is -2.48. The molecule has 1 aliphatic heterocycles. The molecule has 2 N–H and O–H groups in total. The van der Waals surface area contributed by atoms with Gasteiger partial charge in [0, 0.05) is 32.7 Å². The molecule has 0 saturated carbocycles. The van der Waals surface area contributed by atoms with Gasteiger partial charge in [0.05, 0.1) is 0 Å². The van der Waals surface area contributed by atoms with Crippen LogP contribution in [0.3, 0.4) is 0 Å². The highest BCUT2D eigenvalue weighted by Crippen LogP contribution is 2.22. The summed E-state index contributed by atoms with van der Waals surface area (Å²) in [5.74, 6) is 0. The van der Waals surface area contributed by atoms with E-state index < -0.39 is 10.2 Å². The molecule has 0 spiro atoms. The molecular formula is C15H25N3O2S. The fraction of sp³-hybridized carbons (Fsp3) is 0.600. The van der Waals surface area contributed by atoms with E-state index in [-0.39, 0.29) is 6.04 Å². The normalized spacial score (nSPS) is 20.9. The van der Waals surface area contributed by atoms with Gasteiger partial charge in [-0.1, -0.05) is 30.7 Å². The van der Waals surface area contributed by atoms with Crippen LogP contribution in [-0.4, -0.2) is 36.7 Å². The Bertz CT molecular complexity index is 557. The molecule has 1 saturated heterocycles. The SMILES string of the molecule is CC1CCCCN1S(=O)(=O)N(C)Cc1ccc(CN)cc1. The number of nitrogens with two attached hydrogens (primary N) is 1. The fourth-order valence-electron chi connectivity index (χ4n) is 2.71. The smallest absolute Gasteiger partial charge is 0.282 e. The summed E-state index contributed by atoms with van der Waals surface area (Å²) in [6.07, 6.45) is 3.00. The molecule has 1 aromatic rings. The van der Waals surface area contributed by atoms with Crippen molar-refractivity contribution in [3.63, 3.8) is 0 Å². The predicted octanol–water partition coefficient (Wildman–Crippen LogP) is 1.70. The van der Waals surface area contributed by atoms with Gasteiger partial charge >= 0.3 is 0 Å². The van der Waals surface area contributed by atoms with Crippen molar-refractivity contribution >= 4 is 10.2 Å². The number of piperidine rings is 1. The van der Waals surface area contributed by atoms with Crippen molar-refractivity contribution < 1.29 is 8.42 Å². The van der Waals surface area contributed by atoms with Gasteiger partial charge < -0.3 is 5.73 Å². The minimum absolute atomic E-state index is 0.0887. The maximum atomic E-state index is 12.7. The van der Waals surface area contributed by atoms with Crippen molar-refractivity contribution in [1.82, 2.24) is 8.61 Å². The molecule has 0 bridgehead atoms. The Balaban J connectivity index is 2.08. The standard InChI is InChI=1S/C15H25N3O2S/c1-13-5-3-4-10-18(13)21(19,20)17(2)12-15-8-6-14(11-16)7-9-15/h6-9,13H,3-5,10-12,16H2,1-2H3. The lowest BCUT2D eigenvalue weighted by Gasteiger charge is -2.35. The quantitative estimate of drug-likeness (QED) is 0.900. The van der Waals surface area contributed by atoms with Gasteiger partial charge in [0.2, 0.25) is 0 Å². The summed E-state index contributed by atoms with van der Waals surface area (Å²) in [4.78, 5) is 0. The van der Waals surface area contributed by atoms with Gasteiger partial charge in [-0.25, -0.2) is 0 Å². The highest BCUT2D eigenvalue weighted by atomic mass is 32.2. The summed E-state index contributed by atoms with van der Waals surface area (Å²) >= 11 is 0. The molecule has 1 unspecified atom stereocenters. The Morgan fingerprint density at radius 1 is 1.24 bits per heavy atom. The lowest BCUT2D eigenvalue weighted by atomic mass is 10.1. The Hall–Kier alpha value is -0.950. The van der Waals surface area contributed by atoms with Gasteiger partial charge in [-0.2, -0.15) is 17.0 Å².